The molecule has 2 aliphatic carbocycles. The van der Waals surface area contributed by atoms with Crippen molar-refractivity contribution in [1.29, 1.82) is 0 Å². The van der Waals surface area contributed by atoms with E-state index in [0.717, 1.165) is 25.7 Å². The highest BCUT2D eigenvalue weighted by atomic mass is 16.2. The standard InChI is InChI=1S/C12H21N3O2/c1-12(13,9-4-5-9)11(17)15-7-6-14-10(16)8-2-3-8/h8-9H,2-7,13H2,1H3,(H,14,16)(H,15,17). The summed E-state index contributed by atoms with van der Waals surface area (Å²) in [5.74, 6) is 0.540. The number of hydrogen-bond acceptors (Lipinski definition) is 3. The zero-order valence-corrected chi connectivity index (χ0v) is 10.3. The van der Waals surface area contributed by atoms with Crippen molar-refractivity contribution >= 4 is 11.8 Å². The van der Waals surface area contributed by atoms with Gasteiger partial charge in [0.2, 0.25) is 11.8 Å². The van der Waals surface area contributed by atoms with Crippen LogP contribution in [0.25, 0.3) is 0 Å². The van der Waals surface area contributed by atoms with E-state index < -0.39 is 5.54 Å². The molecular weight excluding hydrogens is 218 g/mol. The average Bonchev–Trinajstić information content (AvgIpc) is 3.16. The fourth-order valence-electron chi connectivity index (χ4n) is 1.91. The van der Waals surface area contributed by atoms with Crippen LogP contribution in [-0.2, 0) is 9.59 Å². The molecule has 4 N–H and O–H groups in total. The molecule has 17 heavy (non-hydrogen) atoms. The summed E-state index contributed by atoms with van der Waals surface area (Å²) in [4.78, 5) is 23.1. The fraction of sp³-hybridized carbons (Fsp3) is 0.833. The van der Waals surface area contributed by atoms with Gasteiger partial charge in [-0.3, -0.25) is 9.59 Å². The van der Waals surface area contributed by atoms with Crippen molar-refractivity contribution in [1.82, 2.24) is 10.6 Å². The van der Waals surface area contributed by atoms with Crippen LogP contribution in [0, 0.1) is 11.8 Å². The second-order valence-corrected chi connectivity index (χ2v) is 5.38. The van der Waals surface area contributed by atoms with Gasteiger partial charge in [-0.15, -0.1) is 0 Å². The van der Waals surface area contributed by atoms with Gasteiger partial charge in [0.25, 0.3) is 0 Å². The SMILES string of the molecule is CC(N)(C(=O)NCCNC(=O)C1CC1)C1CC1. The number of rotatable bonds is 6. The number of carbonyl (C=O) groups excluding carboxylic acids is 2. The predicted molar refractivity (Wildman–Crippen MR) is 64.1 cm³/mol. The number of nitrogens with two attached hydrogens (primary N) is 1. The molecule has 0 radical (unpaired) electrons. The first-order valence-electron chi connectivity index (χ1n) is 6.36. The summed E-state index contributed by atoms with van der Waals surface area (Å²) in [6.45, 7) is 2.72. The van der Waals surface area contributed by atoms with Gasteiger partial charge in [0.1, 0.15) is 0 Å². The lowest BCUT2D eigenvalue weighted by molar-refractivity contribution is -0.127. The smallest absolute Gasteiger partial charge is 0.240 e. The van der Waals surface area contributed by atoms with Gasteiger partial charge in [0, 0.05) is 19.0 Å². The molecule has 0 aromatic rings. The molecular formula is C12H21N3O2. The van der Waals surface area contributed by atoms with Crippen LogP contribution in [0.1, 0.15) is 32.6 Å². The van der Waals surface area contributed by atoms with Crippen molar-refractivity contribution in [3.05, 3.63) is 0 Å². The Morgan fingerprint density at radius 1 is 1.18 bits per heavy atom. The molecule has 2 aliphatic rings. The Kier molecular flexibility index (Phi) is 3.38. The predicted octanol–water partition coefficient (Wildman–Crippen LogP) is -0.244. The highest BCUT2D eigenvalue weighted by molar-refractivity contribution is 5.86. The van der Waals surface area contributed by atoms with Crippen LogP contribution in [0.4, 0.5) is 0 Å². The molecule has 1 unspecified atom stereocenters. The van der Waals surface area contributed by atoms with E-state index in [1.54, 1.807) is 6.92 Å². The van der Waals surface area contributed by atoms with Crippen LogP contribution < -0.4 is 16.4 Å². The zero-order chi connectivity index (χ0) is 12.5. The summed E-state index contributed by atoms with van der Waals surface area (Å²) < 4.78 is 0. The highest BCUT2D eigenvalue weighted by Crippen LogP contribution is 2.38. The Balaban J connectivity index is 1.60. The second-order valence-electron chi connectivity index (χ2n) is 5.38. The number of hydrogen-bond donors (Lipinski definition) is 3. The zero-order valence-electron chi connectivity index (χ0n) is 10.3. The van der Waals surface area contributed by atoms with Crippen LogP contribution in [-0.4, -0.2) is 30.4 Å². The van der Waals surface area contributed by atoms with Crippen LogP contribution >= 0.6 is 0 Å². The van der Waals surface area contributed by atoms with Gasteiger partial charge in [0.15, 0.2) is 0 Å². The van der Waals surface area contributed by atoms with E-state index in [1.807, 2.05) is 0 Å². The molecule has 2 saturated carbocycles. The summed E-state index contributed by atoms with van der Waals surface area (Å²) in [5, 5.41) is 5.58. The average molecular weight is 239 g/mol. The minimum Gasteiger partial charge on any atom is -0.354 e. The molecule has 5 nitrogen and oxygen atoms in total. The van der Waals surface area contributed by atoms with E-state index in [-0.39, 0.29) is 17.7 Å². The van der Waals surface area contributed by atoms with Gasteiger partial charge in [-0.25, -0.2) is 0 Å². The molecule has 0 aromatic heterocycles. The number of amides is 2. The summed E-state index contributed by atoms with van der Waals surface area (Å²) >= 11 is 0. The van der Waals surface area contributed by atoms with E-state index in [9.17, 15) is 9.59 Å². The molecule has 5 heteroatoms. The molecule has 0 aliphatic heterocycles. The molecule has 0 spiro atoms. The van der Waals surface area contributed by atoms with Crippen LogP contribution in [0.5, 0.6) is 0 Å². The molecule has 0 saturated heterocycles. The third-order valence-electron chi connectivity index (χ3n) is 3.57. The molecule has 0 aromatic carbocycles. The van der Waals surface area contributed by atoms with Crippen molar-refractivity contribution < 1.29 is 9.59 Å². The van der Waals surface area contributed by atoms with Gasteiger partial charge in [-0.2, -0.15) is 0 Å². The maximum absolute atomic E-state index is 11.8. The highest BCUT2D eigenvalue weighted by Gasteiger charge is 2.43. The normalized spacial score (nSPS) is 22.7. The van der Waals surface area contributed by atoms with Gasteiger partial charge < -0.3 is 16.4 Å². The topological polar surface area (TPSA) is 84.2 Å². The van der Waals surface area contributed by atoms with E-state index >= 15 is 0 Å². The van der Waals surface area contributed by atoms with Crippen molar-refractivity contribution in [2.75, 3.05) is 13.1 Å². The Bertz CT molecular complexity index is 320. The number of nitrogens with one attached hydrogen (secondary N) is 2. The second kappa shape index (κ2) is 4.64. The first-order chi connectivity index (χ1) is 8.01. The van der Waals surface area contributed by atoms with Gasteiger partial charge in [-0.05, 0) is 38.5 Å². The minimum absolute atomic E-state index is 0.108. The van der Waals surface area contributed by atoms with Gasteiger partial charge >= 0.3 is 0 Å². The van der Waals surface area contributed by atoms with Crippen molar-refractivity contribution in [2.45, 2.75) is 38.1 Å². The lowest BCUT2D eigenvalue weighted by atomic mass is 9.96. The molecule has 2 rings (SSSR count). The molecule has 1 atom stereocenters. The van der Waals surface area contributed by atoms with Crippen molar-refractivity contribution in [3.63, 3.8) is 0 Å². The quantitative estimate of drug-likeness (QED) is 0.559. The Morgan fingerprint density at radius 3 is 2.29 bits per heavy atom. The summed E-state index contributed by atoms with van der Waals surface area (Å²) in [7, 11) is 0. The Labute approximate surface area is 102 Å². The van der Waals surface area contributed by atoms with Gasteiger partial charge in [-0.1, -0.05) is 0 Å². The molecule has 0 bridgehead atoms. The maximum Gasteiger partial charge on any atom is 0.240 e. The third-order valence-corrected chi connectivity index (χ3v) is 3.57. The van der Waals surface area contributed by atoms with Gasteiger partial charge in [0.05, 0.1) is 5.54 Å². The van der Waals surface area contributed by atoms with E-state index in [2.05, 4.69) is 10.6 Å². The van der Waals surface area contributed by atoms with Crippen molar-refractivity contribution in [3.8, 4) is 0 Å². The first kappa shape index (κ1) is 12.4. The minimum atomic E-state index is -0.750. The maximum atomic E-state index is 11.8. The third kappa shape index (κ3) is 3.19. The largest absolute Gasteiger partial charge is 0.354 e. The molecule has 2 fully saturated rings. The summed E-state index contributed by atoms with van der Waals surface area (Å²) in [6.07, 6.45) is 4.08. The van der Waals surface area contributed by atoms with Crippen molar-refractivity contribution in [2.24, 2.45) is 17.6 Å². The monoisotopic (exact) mass is 239 g/mol. The summed E-state index contributed by atoms with van der Waals surface area (Å²) in [6, 6.07) is 0. The summed E-state index contributed by atoms with van der Waals surface area (Å²) in [5.41, 5.74) is 5.22. The molecule has 96 valence electrons. The number of carbonyl (C=O) groups is 2. The van der Waals surface area contributed by atoms with E-state index in [4.69, 9.17) is 5.73 Å². The van der Waals surface area contributed by atoms with Crippen LogP contribution in [0.15, 0.2) is 0 Å². The van der Waals surface area contributed by atoms with E-state index in [0.29, 0.717) is 19.0 Å². The van der Waals surface area contributed by atoms with Crippen LogP contribution in [0.2, 0.25) is 0 Å². The molecule has 2 amide bonds. The molecule has 0 heterocycles. The Morgan fingerprint density at radius 2 is 1.76 bits per heavy atom. The Hall–Kier alpha value is -1.10. The first-order valence-corrected chi connectivity index (χ1v) is 6.36. The fourth-order valence-corrected chi connectivity index (χ4v) is 1.91. The van der Waals surface area contributed by atoms with E-state index in [1.165, 1.54) is 0 Å². The lowest BCUT2D eigenvalue weighted by Gasteiger charge is -2.23. The lowest BCUT2D eigenvalue weighted by Crippen LogP contribution is -2.54. The van der Waals surface area contributed by atoms with Crippen LogP contribution in [0.3, 0.4) is 0 Å².